The van der Waals surface area contributed by atoms with Crippen LogP contribution in [0, 0.1) is 0 Å². The van der Waals surface area contributed by atoms with Crippen LogP contribution < -0.4 is 5.73 Å². The number of pyridine rings is 1. The van der Waals surface area contributed by atoms with E-state index in [9.17, 15) is 0 Å². The number of thiazole rings is 1. The molecule has 16 heavy (non-hydrogen) atoms. The Bertz CT molecular complexity index is 439. The second kappa shape index (κ2) is 5.18. The van der Waals surface area contributed by atoms with E-state index in [1.165, 1.54) is 0 Å². The van der Waals surface area contributed by atoms with Gasteiger partial charge in [-0.2, -0.15) is 0 Å². The zero-order valence-electron chi connectivity index (χ0n) is 9.26. The molecule has 2 aromatic rings. The SMILES string of the molecule is CCC(N)Cc1nc(-c2ccncc2)cs1. The molecule has 0 aliphatic rings. The van der Waals surface area contributed by atoms with E-state index in [1.54, 1.807) is 23.7 Å². The van der Waals surface area contributed by atoms with Gasteiger partial charge in [0, 0.05) is 35.8 Å². The van der Waals surface area contributed by atoms with Crippen LogP contribution in [0.2, 0.25) is 0 Å². The predicted molar refractivity (Wildman–Crippen MR) is 67.3 cm³/mol. The Morgan fingerprint density at radius 1 is 1.38 bits per heavy atom. The Balaban J connectivity index is 2.14. The van der Waals surface area contributed by atoms with Gasteiger partial charge in [-0.3, -0.25) is 4.98 Å². The average molecular weight is 233 g/mol. The highest BCUT2D eigenvalue weighted by molar-refractivity contribution is 7.09. The van der Waals surface area contributed by atoms with Crippen LogP contribution in [0.25, 0.3) is 11.3 Å². The van der Waals surface area contributed by atoms with Crippen molar-refractivity contribution in [3.05, 3.63) is 34.9 Å². The highest BCUT2D eigenvalue weighted by atomic mass is 32.1. The van der Waals surface area contributed by atoms with Gasteiger partial charge >= 0.3 is 0 Å². The molecule has 0 saturated heterocycles. The lowest BCUT2D eigenvalue weighted by atomic mass is 10.2. The van der Waals surface area contributed by atoms with Crippen molar-refractivity contribution in [2.75, 3.05) is 0 Å². The summed E-state index contributed by atoms with van der Waals surface area (Å²) in [6, 6.07) is 4.16. The Hall–Kier alpha value is -1.26. The van der Waals surface area contributed by atoms with Gasteiger partial charge in [0.15, 0.2) is 0 Å². The van der Waals surface area contributed by atoms with Crippen molar-refractivity contribution in [3.8, 4) is 11.3 Å². The lowest BCUT2D eigenvalue weighted by Gasteiger charge is -2.04. The number of hydrogen-bond donors (Lipinski definition) is 1. The van der Waals surface area contributed by atoms with E-state index < -0.39 is 0 Å². The third-order valence-corrected chi connectivity index (χ3v) is 3.36. The second-order valence-corrected chi connectivity index (χ2v) is 4.68. The summed E-state index contributed by atoms with van der Waals surface area (Å²) in [5.74, 6) is 0. The lowest BCUT2D eigenvalue weighted by Crippen LogP contribution is -2.21. The molecule has 0 spiro atoms. The van der Waals surface area contributed by atoms with Crippen LogP contribution in [0.4, 0.5) is 0 Å². The van der Waals surface area contributed by atoms with E-state index >= 15 is 0 Å². The van der Waals surface area contributed by atoms with E-state index in [-0.39, 0.29) is 6.04 Å². The van der Waals surface area contributed by atoms with Crippen molar-refractivity contribution in [2.24, 2.45) is 5.73 Å². The maximum Gasteiger partial charge on any atom is 0.0948 e. The number of nitrogens with zero attached hydrogens (tertiary/aromatic N) is 2. The molecular formula is C12H15N3S. The highest BCUT2D eigenvalue weighted by Crippen LogP contribution is 2.21. The molecule has 2 heterocycles. The Kier molecular flexibility index (Phi) is 3.64. The van der Waals surface area contributed by atoms with Gasteiger partial charge in [-0.25, -0.2) is 4.98 Å². The molecule has 0 bridgehead atoms. The van der Waals surface area contributed by atoms with Crippen LogP contribution >= 0.6 is 11.3 Å². The molecule has 0 amide bonds. The summed E-state index contributed by atoms with van der Waals surface area (Å²) in [4.78, 5) is 8.57. The third kappa shape index (κ3) is 2.65. The second-order valence-electron chi connectivity index (χ2n) is 3.73. The van der Waals surface area contributed by atoms with Gasteiger partial charge < -0.3 is 5.73 Å². The highest BCUT2D eigenvalue weighted by Gasteiger charge is 2.07. The predicted octanol–water partition coefficient (Wildman–Crippen LogP) is 2.48. The van der Waals surface area contributed by atoms with Crippen LogP contribution in [0.5, 0.6) is 0 Å². The lowest BCUT2D eigenvalue weighted by molar-refractivity contribution is 0.644. The maximum absolute atomic E-state index is 5.91. The van der Waals surface area contributed by atoms with Gasteiger partial charge in [-0.05, 0) is 18.6 Å². The summed E-state index contributed by atoms with van der Waals surface area (Å²) < 4.78 is 0. The number of rotatable bonds is 4. The summed E-state index contributed by atoms with van der Waals surface area (Å²) in [5, 5.41) is 3.19. The molecule has 0 fully saturated rings. The van der Waals surface area contributed by atoms with Crippen molar-refractivity contribution < 1.29 is 0 Å². The van der Waals surface area contributed by atoms with Crippen LogP contribution in [0.1, 0.15) is 18.4 Å². The van der Waals surface area contributed by atoms with E-state index in [0.717, 1.165) is 29.1 Å². The fraction of sp³-hybridized carbons (Fsp3) is 0.333. The molecule has 0 aromatic carbocycles. The first-order valence-electron chi connectivity index (χ1n) is 5.40. The summed E-state index contributed by atoms with van der Waals surface area (Å²) in [6.07, 6.45) is 5.43. The molecule has 2 rings (SSSR count). The fourth-order valence-corrected chi connectivity index (χ4v) is 2.33. The van der Waals surface area contributed by atoms with Crippen molar-refractivity contribution in [2.45, 2.75) is 25.8 Å². The Labute approximate surface area is 99.4 Å². The number of hydrogen-bond acceptors (Lipinski definition) is 4. The molecule has 1 unspecified atom stereocenters. The van der Waals surface area contributed by atoms with Gasteiger partial charge in [0.1, 0.15) is 0 Å². The van der Waals surface area contributed by atoms with Crippen molar-refractivity contribution in [3.63, 3.8) is 0 Å². The van der Waals surface area contributed by atoms with Gasteiger partial charge in [0.25, 0.3) is 0 Å². The maximum atomic E-state index is 5.91. The Morgan fingerprint density at radius 2 is 2.12 bits per heavy atom. The summed E-state index contributed by atoms with van der Waals surface area (Å²) in [5.41, 5.74) is 8.04. The molecule has 3 nitrogen and oxygen atoms in total. The number of aromatic nitrogens is 2. The van der Waals surface area contributed by atoms with Crippen molar-refractivity contribution >= 4 is 11.3 Å². The van der Waals surface area contributed by atoms with E-state index in [2.05, 4.69) is 22.3 Å². The molecule has 0 aliphatic heterocycles. The quantitative estimate of drug-likeness (QED) is 0.882. The first kappa shape index (κ1) is 11.2. The minimum atomic E-state index is 0.219. The van der Waals surface area contributed by atoms with Gasteiger partial charge in [-0.15, -0.1) is 11.3 Å². The minimum Gasteiger partial charge on any atom is -0.327 e. The van der Waals surface area contributed by atoms with Crippen LogP contribution in [0.3, 0.4) is 0 Å². The van der Waals surface area contributed by atoms with Crippen molar-refractivity contribution in [1.29, 1.82) is 0 Å². The molecule has 2 aromatic heterocycles. The average Bonchev–Trinajstić information content (AvgIpc) is 2.78. The molecule has 0 saturated carbocycles. The zero-order chi connectivity index (χ0) is 11.4. The third-order valence-electron chi connectivity index (χ3n) is 2.49. The van der Waals surface area contributed by atoms with Gasteiger partial charge in [-0.1, -0.05) is 6.92 Å². The fourth-order valence-electron chi connectivity index (χ4n) is 1.43. The van der Waals surface area contributed by atoms with Gasteiger partial charge in [0.05, 0.1) is 10.7 Å². The molecular weight excluding hydrogens is 218 g/mol. The van der Waals surface area contributed by atoms with E-state index in [0.29, 0.717) is 0 Å². The summed E-state index contributed by atoms with van der Waals surface area (Å²) in [6.45, 7) is 2.10. The minimum absolute atomic E-state index is 0.219. The normalized spacial score (nSPS) is 12.6. The van der Waals surface area contributed by atoms with Crippen LogP contribution in [-0.2, 0) is 6.42 Å². The first-order chi connectivity index (χ1) is 7.79. The largest absolute Gasteiger partial charge is 0.327 e. The van der Waals surface area contributed by atoms with Crippen LogP contribution in [0.15, 0.2) is 29.9 Å². The number of nitrogens with two attached hydrogens (primary N) is 1. The molecule has 0 radical (unpaired) electrons. The van der Waals surface area contributed by atoms with Crippen LogP contribution in [-0.4, -0.2) is 16.0 Å². The monoisotopic (exact) mass is 233 g/mol. The molecule has 1 atom stereocenters. The van der Waals surface area contributed by atoms with Gasteiger partial charge in [0.2, 0.25) is 0 Å². The zero-order valence-corrected chi connectivity index (χ0v) is 10.1. The Morgan fingerprint density at radius 3 is 2.81 bits per heavy atom. The standard InChI is InChI=1S/C12H15N3S/c1-2-10(13)7-12-15-11(8-16-12)9-3-5-14-6-4-9/h3-6,8,10H,2,7,13H2,1H3. The topological polar surface area (TPSA) is 51.8 Å². The molecule has 4 heteroatoms. The summed E-state index contributed by atoms with van der Waals surface area (Å²) in [7, 11) is 0. The van der Waals surface area contributed by atoms with E-state index in [4.69, 9.17) is 5.73 Å². The van der Waals surface area contributed by atoms with E-state index in [1.807, 2.05) is 12.1 Å². The molecule has 0 aliphatic carbocycles. The summed E-state index contributed by atoms with van der Waals surface area (Å²) >= 11 is 1.68. The first-order valence-corrected chi connectivity index (χ1v) is 6.28. The molecule has 2 N–H and O–H groups in total. The molecule has 84 valence electrons. The van der Waals surface area contributed by atoms with Crippen molar-refractivity contribution in [1.82, 2.24) is 9.97 Å². The smallest absolute Gasteiger partial charge is 0.0948 e.